The summed E-state index contributed by atoms with van der Waals surface area (Å²) in [6, 6.07) is 7.26. The molecular formula is C17H23F2NO. The van der Waals surface area contributed by atoms with Crippen LogP contribution < -0.4 is 10.1 Å². The van der Waals surface area contributed by atoms with Crippen molar-refractivity contribution in [3.05, 3.63) is 24.3 Å². The molecule has 21 heavy (non-hydrogen) atoms. The first-order chi connectivity index (χ1) is 9.81. The summed E-state index contributed by atoms with van der Waals surface area (Å²) in [5, 5.41) is 3.59. The number of hydrogen-bond donors (Lipinski definition) is 1. The summed E-state index contributed by atoms with van der Waals surface area (Å²) in [5.74, 6) is 0.960. The molecule has 0 amide bonds. The molecule has 2 bridgehead atoms. The third-order valence-electron chi connectivity index (χ3n) is 5.64. The Kier molecular flexibility index (Phi) is 3.38. The topological polar surface area (TPSA) is 21.3 Å². The SMILES string of the molecule is CC12CCC(C1)C(C)(C)C2Nc1cccc(OC(F)F)c1. The quantitative estimate of drug-likeness (QED) is 0.851. The first-order valence-electron chi connectivity index (χ1n) is 7.63. The smallest absolute Gasteiger partial charge is 0.387 e. The fourth-order valence-electron chi connectivity index (χ4n) is 4.59. The molecule has 0 aromatic heterocycles. The van der Waals surface area contributed by atoms with Crippen molar-refractivity contribution in [1.29, 1.82) is 0 Å². The Morgan fingerprint density at radius 1 is 1.29 bits per heavy atom. The predicted molar refractivity (Wildman–Crippen MR) is 79.7 cm³/mol. The van der Waals surface area contributed by atoms with Crippen LogP contribution in [0.4, 0.5) is 14.5 Å². The number of anilines is 1. The van der Waals surface area contributed by atoms with E-state index >= 15 is 0 Å². The van der Waals surface area contributed by atoms with Gasteiger partial charge in [0.2, 0.25) is 0 Å². The molecule has 2 aliphatic carbocycles. The van der Waals surface area contributed by atoms with Crippen molar-refractivity contribution in [3.63, 3.8) is 0 Å². The van der Waals surface area contributed by atoms with E-state index in [0.717, 1.165) is 11.6 Å². The lowest BCUT2D eigenvalue weighted by molar-refractivity contribution is -0.0498. The van der Waals surface area contributed by atoms with Gasteiger partial charge in [0.05, 0.1) is 0 Å². The van der Waals surface area contributed by atoms with Gasteiger partial charge in [0.1, 0.15) is 5.75 Å². The molecule has 2 nitrogen and oxygen atoms in total. The number of ether oxygens (including phenoxy) is 1. The van der Waals surface area contributed by atoms with Crippen molar-refractivity contribution in [2.75, 3.05) is 5.32 Å². The van der Waals surface area contributed by atoms with Crippen molar-refractivity contribution in [2.45, 2.75) is 52.7 Å². The summed E-state index contributed by atoms with van der Waals surface area (Å²) < 4.78 is 29.1. The minimum atomic E-state index is -2.78. The van der Waals surface area contributed by atoms with E-state index in [0.29, 0.717) is 11.5 Å². The highest BCUT2D eigenvalue weighted by Crippen LogP contribution is 2.63. The third kappa shape index (κ3) is 2.49. The fraction of sp³-hybridized carbons (Fsp3) is 0.647. The van der Waals surface area contributed by atoms with Crippen molar-refractivity contribution < 1.29 is 13.5 Å². The van der Waals surface area contributed by atoms with Crippen LogP contribution in [0.25, 0.3) is 0 Å². The van der Waals surface area contributed by atoms with Crippen LogP contribution >= 0.6 is 0 Å². The number of fused-ring (bicyclic) bond motifs is 2. The Hall–Kier alpha value is -1.32. The van der Waals surface area contributed by atoms with E-state index in [4.69, 9.17) is 0 Å². The molecule has 0 saturated heterocycles. The predicted octanol–water partition coefficient (Wildman–Crippen LogP) is 4.91. The molecule has 0 aliphatic heterocycles. The highest BCUT2D eigenvalue weighted by Gasteiger charge is 2.59. The second kappa shape index (κ2) is 4.85. The van der Waals surface area contributed by atoms with Gasteiger partial charge in [-0.1, -0.05) is 26.8 Å². The number of halogens is 2. The maximum atomic E-state index is 12.3. The van der Waals surface area contributed by atoms with Crippen molar-refractivity contribution in [3.8, 4) is 5.75 Å². The van der Waals surface area contributed by atoms with Gasteiger partial charge in [-0.15, -0.1) is 0 Å². The summed E-state index contributed by atoms with van der Waals surface area (Å²) >= 11 is 0. The lowest BCUT2D eigenvalue weighted by Crippen LogP contribution is -2.45. The summed E-state index contributed by atoms with van der Waals surface area (Å²) in [6.07, 6.45) is 3.80. The Labute approximate surface area is 124 Å². The molecule has 0 radical (unpaired) electrons. The van der Waals surface area contributed by atoms with Crippen LogP contribution in [-0.2, 0) is 0 Å². The van der Waals surface area contributed by atoms with Gasteiger partial charge in [-0.2, -0.15) is 8.78 Å². The minimum Gasteiger partial charge on any atom is -0.435 e. The number of alkyl halides is 2. The Bertz CT molecular complexity index is 527. The van der Waals surface area contributed by atoms with Gasteiger partial charge < -0.3 is 10.1 Å². The second-order valence-electron chi connectivity index (χ2n) is 7.40. The summed E-state index contributed by atoms with van der Waals surface area (Å²) in [5.41, 5.74) is 1.39. The van der Waals surface area contributed by atoms with E-state index in [-0.39, 0.29) is 11.2 Å². The molecular weight excluding hydrogens is 272 g/mol. The highest BCUT2D eigenvalue weighted by atomic mass is 19.3. The molecule has 1 aromatic rings. The molecule has 0 spiro atoms. The third-order valence-corrected chi connectivity index (χ3v) is 5.64. The minimum absolute atomic E-state index is 0.209. The molecule has 3 unspecified atom stereocenters. The summed E-state index contributed by atoms with van der Waals surface area (Å²) in [7, 11) is 0. The molecule has 0 heterocycles. The zero-order chi connectivity index (χ0) is 15.3. The zero-order valence-electron chi connectivity index (χ0n) is 12.8. The lowest BCUT2D eigenvalue weighted by atomic mass is 9.68. The number of benzene rings is 1. The van der Waals surface area contributed by atoms with Crippen LogP contribution in [0.15, 0.2) is 24.3 Å². The van der Waals surface area contributed by atoms with Gasteiger partial charge in [0.15, 0.2) is 0 Å². The van der Waals surface area contributed by atoms with E-state index in [9.17, 15) is 8.78 Å². The van der Waals surface area contributed by atoms with Gasteiger partial charge in [0, 0.05) is 17.8 Å². The van der Waals surface area contributed by atoms with Crippen LogP contribution in [0.1, 0.15) is 40.0 Å². The number of hydrogen-bond acceptors (Lipinski definition) is 2. The zero-order valence-corrected chi connectivity index (χ0v) is 12.8. The molecule has 2 saturated carbocycles. The monoisotopic (exact) mass is 295 g/mol. The molecule has 1 aromatic carbocycles. The van der Waals surface area contributed by atoms with Gasteiger partial charge in [-0.25, -0.2) is 0 Å². The second-order valence-corrected chi connectivity index (χ2v) is 7.40. The Morgan fingerprint density at radius 3 is 2.67 bits per heavy atom. The molecule has 3 rings (SSSR count). The molecule has 1 N–H and O–H groups in total. The number of nitrogens with one attached hydrogen (secondary N) is 1. The van der Waals surface area contributed by atoms with Gasteiger partial charge in [-0.05, 0) is 48.1 Å². The Balaban J connectivity index is 1.80. The van der Waals surface area contributed by atoms with E-state index in [1.165, 1.54) is 19.3 Å². The fourth-order valence-corrected chi connectivity index (χ4v) is 4.59. The molecule has 4 heteroatoms. The van der Waals surface area contributed by atoms with Crippen LogP contribution in [0.3, 0.4) is 0 Å². The summed E-state index contributed by atoms with van der Waals surface area (Å²) in [6.45, 7) is 4.20. The van der Waals surface area contributed by atoms with Crippen LogP contribution in [0.5, 0.6) is 5.75 Å². The van der Waals surface area contributed by atoms with E-state index in [2.05, 4.69) is 30.8 Å². The first kappa shape index (κ1) is 14.6. The summed E-state index contributed by atoms with van der Waals surface area (Å²) in [4.78, 5) is 0. The number of rotatable bonds is 4. The first-order valence-corrected chi connectivity index (χ1v) is 7.63. The van der Waals surface area contributed by atoms with E-state index in [1.54, 1.807) is 18.2 Å². The molecule has 3 atom stereocenters. The van der Waals surface area contributed by atoms with E-state index < -0.39 is 6.61 Å². The molecule has 2 aliphatic rings. The van der Waals surface area contributed by atoms with Gasteiger partial charge >= 0.3 is 6.61 Å². The van der Waals surface area contributed by atoms with Gasteiger partial charge in [0.25, 0.3) is 0 Å². The largest absolute Gasteiger partial charge is 0.435 e. The molecule has 2 fully saturated rings. The van der Waals surface area contributed by atoms with Crippen LogP contribution in [-0.4, -0.2) is 12.7 Å². The average molecular weight is 295 g/mol. The van der Waals surface area contributed by atoms with E-state index in [1.807, 2.05) is 6.07 Å². The maximum absolute atomic E-state index is 12.3. The van der Waals surface area contributed by atoms with Crippen molar-refractivity contribution >= 4 is 5.69 Å². The van der Waals surface area contributed by atoms with Gasteiger partial charge in [-0.3, -0.25) is 0 Å². The van der Waals surface area contributed by atoms with Crippen LogP contribution in [0.2, 0.25) is 0 Å². The normalized spacial score (nSPS) is 33.4. The van der Waals surface area contributed by atoms with Crippen LogP contribution in [0, 0.1) is 16.7 Å². The maximum Gasteiger partial charge on any atom is 0.387 e. The molecule has 116 valence electrons. The Morgan fingerprint density at radius 2 is 2.05 bits per heavy atom. The standard InChI is InChI=1S/C17H23F2NO/c1-16(2)11-7-8-17(3,10-11)14(16)20-12-5-4-6-13(9-12)21-15(18)19/h4-6,9,11,14-15,20H,7-8,10H2,1-3H3. The van der Waals surface area contributed by atoms with Crippen molar-refractivity contribution in [1.82, 2.24) is 0 Å². The highest BCUT2D eigenvalue weighted by molar-refractivity contribution is 5.50. The van der Waals surface area contributed by atoms with Crippen molar-refractivity contribution in [2.24, 2.45) is 16.7 Å². The average Bonchev–Trinajstić information content (AvgIpc) is 2.86. The lowest BCUT2D eigenvalue weighted by Gasteiger charge is -2.43.